The van der Waals surface area contributed by atoms with Gasteiger partial charge in [-0.05, 0) is 38.4 Å². The molecule has 0 aliphatic rings. The molecule has 1 rings (SSSR count). The lowest BCUT2D eigenvalue weighted by Crippen LogP contribution is -2.36. The number of sulfonamides is 1. The number of nitrogens with one attached hydrogen (secondary N) is 3. The predicted octanol–water partition coefficient (Wildman–Crippen LogP) is 1.34. The van der Waals surface area contributed by atoms with Crippen molar-refractivity contribution in [2.45, 2.75) is 43.9 Å². The van der Waals surface area contributed by atoms with E-state index in [0.29, 0.717) is 36.1 Å². The smallest absolute Gasteiger partial charge is 0.250 e. The standard InChI is InChI=1S/C15H27N3O3S2/c1-11(2)9-14(19)17-8-7-13-5-6-15(22-13)23(20,21)18-10-12(3)16-4/h5-6,11-12,16,18H,7-10H2,1-4H3,(H,17,19). The summed E-state index contributed by atoms with van der Waals surface area (Å²) in [7, 11) is -1.67. The summed E-state index contributed by atoms with van der Waals surface area (Å²) in [6.07, 6.45) is 1.15. The molecule has 132 valence electrons. The van der Waals surface area contributed by atoms with Crippen LogP contribution < -0.4 is 15.4 Å². The second-order valence-corrected chi connectivity index (χ2v) is 9.12. The molecule has 0 bridgehead atoms. The van der Waals surface area contributed by atoms with Crippen LogP contribution in [0.3, 0.4) is 0 Å². The molecule has 3 N–H and O–H groups in total. The second kappa shape index (κ2) is 9.36. The van der Waals surface area contributed by atoms with Gasteiger partial charge in [0.2, 0.25) is 15.9 Å². The van der Waals surface area contributed by atoms with E-state index in [9.17, 15) is 13.2 Å². The van der Waals surface area contributed by atoms with Crippen molar-refractivity contribution in [2.75, 3.05) is 20.1 Å². The Morgan fingerprint density at radius 1 is 1.26 bits per heavy atom. The fraction of sp³-hybridized carbons (Fsp3) is 0.667. The van der Waals surface area contributed by atoms with E-state index in [1.807, 2.05) is 20.8 Å². The van der Waals surface area contributed by atoms with E-state index in [1.165, 1.54) is 11.3 Å². The zero-order valence-corrected chi connectivity index (χ0v) is 15.8. The number of rotatable bonds is 10. The Morgan fingerprint density at radius 2 is 1.96 bits per heavy atom. The average molecular weight is 362 g/mol. The normalized spacial score (nSPS) is 13.3. The minimum atomic E-state index is -3.46. The van der Waals surface area contributed by atoms with E-state index in [0.717, 1.165) is 4.88 Å². The van der Waals surface area contributed by atoms with Gasteiger partial charge in [-0.1, -0.05) is 13.8 Å². The summed E-state index contributed by atoms with van der Waals surface area (Å²) in [5, 5.41) is 5.83. The van der Waals surface area contributed by atoms with E-state index in [4.69, 9.17) is 0 Å². The summed E-state index contributed by atoms with van der Waals surface area (Å²) in [6.45, 7) is 6.77. The Bertz CT molecular complexity index is 597. The van der Waals surface area contributed by atoms with Gasteiger partial charge in [0.15, 0.2) is 0 Å². The summed E-state index contributed by atoms with van der Waals surface area (Å²) < 4.78 is 27.2. The van der Waals surface area contributed by atoms with Crippen LogP contribution in [0.4, 0.5) is 0 Å². The van der Waals surface area contributed by atoms with Gasteiger partial charge in [-0.2, -0.15) is 0 Å². The molecule has 0 radical (unpaired) electrons. The van der Waals surface area contributed by atoms with Crippen LogP contribution in [0.25, 0.3) is 0 Å². The van der Waals surface area contributed by atoms with Crippen LogP contribution in [0.5, 0.6) is 0 Å². The van der Waals surface area contributed by atoms with Crippen molar-refractivity contribution in [2.24, 2.45) is 5.92 Å². The maximum atomic E-state index is 12.2. The van der Waals surface area contributed by atoms with Crippen molar-refractivity contribution in [3.63, 3.8) is 0 Å². The van der Waals surface area contributed by atoms with Crippen molar-refractivity contribution in [1.82, 2.24) is 15.4 Å². The lowest BCUT2D eigenvalue weighted by molar-refractivity contribution is -0.121. The van der Waals surface area contributed by atoms with Crippen molar-refractivity contribution < 1.29 is 13.2 Å². The highest BCUT2D eigenvalue weighted by Crippen LogP contribution is 2.21. The fourth-order valence-electron chi connectivity index (χ4n) is 1.81. The monoisotopic (exact) mass is 361 g/mol. The Balaban J connectivity index is 2.49. The van der Waals surface area contributed by atoms with E-state index < -0.39 is 10.0 Å². The highest BCUT2D eigenvalue weighted by atomic mass is 32.2. The number of hydrogen-bond acceptors (Lipinski definition) is 5. The number of carbonyl (C=O) groups is 1. The lowest BCUT2D eigenvalue weighted by atomic mass is 10.1. The summed E-state index contributed by atoms with van der Waals surface area (Å²) >= 11 is 1.24. The second-order valence-electron chi connectivity index (χ2n) is 5.96. The molecule has 1 atom stereocenters. The number of likely N-dealkylation sites (N-methyl/N-ethyl adjacent to an activating group) is 1. The SMILES string of the molecule is CNC(C)CNS(=O)(=O)c1ccc(CCNC(=O)CC(C)C)s1. The third-order valence-corrected chi connectivity index (χ3v) is 6.32. The molecule has 1 unspecified atom stereocenters. The molecule has 0 spiro atoms. The zero-order chi connectivity index (χ0) is 17.5. The molecule has 1 aromatic heterocycles. The third-order valence-electron chi connectivity index (χ3n) is 3.26. The van der Waals surface area contributed by atoms with Crippen molar-refractivity contribution in [3.8, 4) is 0 Å². The number of carbonyl (C=O) groups excluding carboxylic acids is 1. The van der Waals surface area contributed by atoms with Crippen LogP contribution >= 0.6 is 11.3 Å². The van der Waals surface area contributed by atoms with E-state index in [1.54, 1.807) is 19.2 Å². The third kappa shape index (κ3) is 7.43. The first-order valence-electron chi connectivity index (χ1n) is 7.77. The molecule has 1 amide bonds. The molecule has 8 heteroatoms. The summed E-state index contributed by atoms with van der Waals surface area (Å²) in [5.74, 6) is 0.367. The van der Waals surface area contributed by atoms with Gasteiger partial charge in [-0.3, -0.25) is 4.79 Å². The van der Waals surface area contributed by atoms with Crippen molar-refractivity contribution in [1.29, 1.82) is 0 Å². The first kappa shape index (κ1) is 20.1. The molecule has 0 saturated heterocycles. The van der Waals surface area contributed by atoms with Crippen LogP contribution in [0.2, 0.25) is 0 Å². The van der Waals surface area contributed by atoms with Crippen LogP contribution in [0.15, 0.2) is 16.3 Å². The van der Waals surface area contributed by atoms with Crippen molar-refractivity contribution >= 4 is 27.3 Å². The van der Waals surface area contributed by atoms with Crippen LogP contribution in [0, 0.1) is 5.92 Å². The van der Waals surface area contributed by atoms with Gasteiger partial charge < -0.3 is 10.6 Å². The Hall–Kier alpha value is -0.960. The van der Waals surface area contributed by atoms with Crippen LogP contribution in [-0.2, 0) is 21.2 Å². The Labute approximate surface area is 143 Å². The molecule has 6 nitrogen and oxygen atoms in total. The molecule has 0 aromatic carbocycles. The van der Waals surface area contributed by atoms with E-state index in [-0.39, 0.29) is 11.9 Å². The number of thiophene rings is 1. The largest absolute Gasteiger partial charge is 0.356 e. The lowest BCUT2D eigenvalue weighted by Gasteiger charge is -2.10. The fourth-order valence-corrected chi connectivity index (χ4v) is 4.34. The molecule has 0 fully saturated rings. The Kier molecular flexibility index (Phi) is 8.18. The molecular weight excluding hydrogens is 334 g/mol. The average Bonchev–Trinajstić information content (AvgIpc) is 2.93. The van der Waals surface area contributed by atoms with Gasteiger partial charge in [0.05, 0.1) is 0 Å². The van der Waals surface area contributed by atoms with Gasteiger partial charge in [0.1, 0.15) is 4.21 Å². The van der Waals surface area contributed by atoms with Gasteiger partial charge in [-0.25, -0.2) is 13.1 Å². The maximum Gasteiger partial charge on any atom is 0.250 e. The predicted molar refractivity (Wildman–Crippen MR) is 94.2 cm³/mol. The molecule has 23 heavy (non-hydrogen) atoms. The minimum absolute atomic E-state index is 0.0344. The van der Waals surface area contributed by atoms with Crippen LogP contribution in [0.1, 0.15) is 32.1 Å². The highest BCUT2D eigenvalue weighted by molar-refractivity contribution is 7.91. The van der Waals surface area contributed by atoms with Crippen LogP contribution in [-0.4, -0.2) is 40.5 Å². The zero-order valence-electron chi connectivity index (χ0n) is 14.2. The molecule has 0 aliphatic heterocycles. The van der Waals surface area contributed by atoms with Crippen molar-refractivity contribution in [3.05, 3.63) is 17.0 Å². The quantitative estimate of drug-likeness (QED) is 0.587. The molecule has 0 saturated carbocycles. The van der Waals surface area contributed by atoms with Gasteiger partial charge in [0, 0.05) is 30.4 Å². The summed E-state index contributed by atoms with van der Waals surface area (Å²) in [5.41, 5.74) is 0. The molecule has 0 aliphatic carbocycles. The summed E-state index contributed by atoms with van der Waals surface area (Å²) in [4.78, 5) is 12.5. The molecule has 1 aromatic rings. The summed E-state index contributed by atoms with van der Waals surface area (Å²) in [6, 6.07) is 3.48. The Morgan fingerprint density at radius 3 is 2.57 bits per heavy atom. The number of amides is 1. The highest BCUT2D eigenvalue weighted by Gasteiger charge is 2.17. The van der Waals surface area contributed by atoms with Gasteiger partial charge in [0.25, 0.3) is 0 Å². The maximum absolute atomic E-state index is 12.2. The first-order chi connectivity index (χ1) is 10.7. The van der Waals surface area contributed by atoms with Gasteiger partial charge in [-0.15, -0.1) is 11.3 Å². The van der Waals surface area contributed by atoms with Gasteiger partial charge >= 0.3 is 0 Å². The topological polar surface area (TPSA) is 87.3 Å². The molecule has 1 heterocycles. The van der Waals surface area contributed by atoms with E-state index >= 15 is 0 Å². The first-order valence-corrected chi connectivity index (χ1v) is 10.1. The number of hydrogen-bond donors (Lipinski definition) is 3. The minimum Gasteiger partial charge on any atom is -0.356 e. The van der Waals surface area contributed by atoms with E-state index in [2.05, 4.69) is 15.4 Å². The molecular formula is C15H27N3O3S2.